The first kappa shape index (κ1) is 22.9. The van der Waals surface area contributed by atoms with Gasteiger partial charge < -0.3 is 10.5 Å². The molecule has 1 aromatic heterocycles. The molecule has 3 aromatic rings. The molecular weight excluding hydrogens is 417 g/mol. The number of aromatic nitrogens is 2. The van der Waals surface area contributed by atoms with Crippen LogP contribution in [0.3, 0.4) is 0 Å². The summed E-state index contributed by atoms with van der Waals surface area (Å²) >= 11 is 0. The standard InChI is InChI=1S/C22H22F5N3O/c1-12(2)9-21(3,28)10-31-19-5-4-13(6-15(19)22(25,26)27)20-14-7-16(23)17(24)8-18(14)29-11-30-20/h4-8,11-12H,9-10,28H2,1-3H3/t21-/m0/s1. The van der Waals surface area contributed by atoms with Gasteiger partial charge in [-0.3, -0.25) is 0 Å². The highest BCUT2D eigenvalue weighted by atomic mass is 19.4. The summed E-state index contributed by atoms with van der Waals surface area (Å²) in [5, 5.41) is 0.0923. The Hall–Kier alpha value is -2.81. The molecule has 31 heavy (non-hydrogen) atoms. The van der Waals surface area contributed by atoms with Gasteiger partial charge in [-0.15, -0.1) is 0 Å². The van der Waals surface area contributed by atoms with Crippen molar-refractivity contribution in [3.8, 4) is 17.0 Å². The monoisotopic (exact) mass is 439 g/mol. The Bertz CT molecular complexity index is 1100. The summed E-state index contributed by atoms with van der Waals surface area (Å²) in [6.07, 6.45) is -3.06. The normalized spacial score (nSPS) is 14.1. The van der Waals surface area contributed by atoms with Gasteiger partial charge in [0.05, 0.1) is 16.8 Å². The number of nitrogens with two attached hydrogens (primary N) is 1. The highest BCUT2D eigenvalue weighted by molar-refractivity contribution is 5.92. The Morgan fingerprint density at radius 3 is 2.35 bits per heavy atom. The fourth-order valence-electron chi connectivity index (χ4n) is 3.54. The van der Waals surface area contributed by atoms with E-state index in [-0.39, 0.29) is 40.4 Å². The highest BCUT2D eigenvalue weighted by Gasteiger charge is 2.35. The molecule has 0 spiro atoms. The van der Waals surface area contributed by atoms with E-state index in [2.05, 4.69) is 9.97 Å². The summed E-state index contributed by atoms with van der Waals surface area (Å²) in [7, 11) is 0. The number of ether oxygens (including phenoxy) is 1. The van der Waals surface area contributed by atoms with Crippen LogP contribution in [0.2, 0.25) is 0 Å². The number of nitrogens with zero attached hydrogens (tertiary/aromatic N) is 2. The number of hydrogen-bond acceptors (Lipinski definition) is 4. The van der Waals surface area contributed by atoms with Gasteiger partial charge in [-0.05, 0) is 43.5 Å². The molecule has 1 atom stereocenters. The van der Waals surface area contributed by atoms with Crippen LogP contribution in [0.4, 0.5) is 22.0 Å². The van der Waals surface area contributed by atoms with Crippen molar-refractivity contribution in [1.29, 1.82) is 0 Å². The fraction of sp³-hybridized carbons (Fsp3) is 0.364. The first-order valence-corrected chi connectivity index (χ1v) is 9.60. The van der Waals surface area contributed by atoms with Crippen molar-refractivity contribution in [2.75, 3.05) is 6.61 Å². The summed E-state index contributed by atoms with van der Waals surface area (Å²) in [6, 6.07) is 5.16. The second-order valence-corrected chi connectivity index (χ2v) is 8.26. The number of hydrogen-bond donors (Lipinski definition) is 1. The zero-order valence-electron chi connectivity index (χ0n) is 17.2. The molecule has 0 aliphatic heterocycles. The molecule has 166 valence electrons. The third-order valence-electron chi connectivity index (χ3n) is 4.67. The molecule has 4 nitrogen and oxygen atoms in total. The van der Waals surface area contributed by atoms with Gasteiger partial charge in [-0.25, -0.2) is 18.7 Å². The second kappa shape index (κ2) is 8.37. The predicted molar refractivity (Wildman–Crippen MR) is 107 cm³/mol. The molecule has 0 fully saturated rings. The van der Waals surface area contributed by atoms with Crippen LogP contribution in [0.15, 0.2) is 36.7 Å². The maximum atomic E-state index is 13.8. The lowest BCUT2D eigenvalue weighted by molar-refractivity contribution is -0.139. The summed E-state index contributed by atoms with van der Waals surface area (Å²) in [5.41, 5.74) is 4.51. The van der Waals surface area contributed by atoms with Crippen LogP contribution in [0.5, 0.6) is 5.75 Å². The quantitative estimate of drug-likeness (QED) is 0.498. The van der Waals surface area contributed by atoms with Gasteiger partial charge in [0.2, 0.25) is 0 Å². The molecule has 2 aromatic carbocycles. The minimum absolute atomic E-state index is 0.0458. The number of benzene rings is 2. The van der Waals surface area contributed by atoms with Gasteiger partial charge in [0.1, 0.15) is 18.7 Å². The fourth-order valence-corrected chi connectivity index (χ4v) is 3.54. The minimum atomic E-state index is -4.71. The first-order valence-electron chi connectivity index (χ1n) is 9.60. The average Bonchev–Trinajstić information content (AvgIpc) is 2.65. The average molecular weight is 439 g/mol. The number of fused-ring (bicyclic) bond motifs is 1. The van der Waals surface area contributed by atoms with Gasteiger partial charge in [0, 0.05) is 22.6 Å². The van der Waals surface area contributed by atoms with Gasteiger partial charge in [0.25, 0.3) is 0 Å². The third-order valence-corrected chi connectivity index (χ3v) is 4.67. The van der Waals surface area contributed by atoms with E-state index in [1.807, 2.05) is 13.8 Å². The Morgan fingerprint density at radius 1 is 1.03 bits per heavy atom. The summed E-state index contributed by atoms with van der Waals surface area (Å²) in [6.45, 7) is 5.54. The first-order chi connectivity index (χ1) is 14.4. The summed E-state index contributed by atoms with van der Waals surface area (Å²) in [4.78, 5) is 7.85. The van der Waals surface area contributed by atoms with Crippen LogP contribution >= 0.6 is 0 Å². The van der Waals surface area contributed by atoms with Crippen molar-refractivity contribution in [2.45, 2.75) is 38.9 Å². The lowest BCUT2D eigenvalue weighted by atomic mass is 9.93. The Balaban J connectivity index is 2.03. The Kier molecular flexibility index (Phi) is 6.18. The van der Waals surface area contributed by atoms with Crippen LogP contribution in [0, 0.1) is 17.6 Å². The lowest BCUT2D eigenvalue weighted by Crippen LogP contribution is -2.43. The Morgan fingerprint density at radius 2 is 1.71 bits per heavy atom. The Labute approximate surface area is 176 Å². The molecular formula is C22H22F5N3O. The van der Waals surface area contributed by atoms with E-state index in [0.29, 0.717) is 6.42 Å². The van der Waals surface area contributed by atoms with E-state index in [1.165, 1.54) is 12.1 Å². The van der Waals surface area contributed by atoms with Crippen molar-refractivity contribution < 1.29 is 26.7 Å². The van der Waals surface area contributed by atoms with Gasteiger partial charge in [-0.1, -0.05) is 13.8 Å². The SMILES string of the molecule is CC(C)C[C@](C)(N)COc1ccc(-c2ncnc3cc(F)c(F)cc23)cc1C(F)(F)F. The molecule has 0 aliphatic rings. The van der Waals surface area contributed by atoms with Crippen molar-refractivity contribution >= 4 is 10.9 Å². The highest BCUT2D eigenvalue weighted by Crippen LogP contribution is 2.40. The van der Waals surface area contributed by atoms with Crippen molar-refractivity contribution in [2.24, 2.45) is 11.7 Å². The molecule has 9 heteroatoms. The van der Waals surface area contributed by atoms with E-state index in [0.717, 1.165) is 24.5 Å². The molecule has 0 saturated carbocycles. The number of rotatable bonds is 6. The van der Waals surface area contributed by atoms with Crippen LogP contribution in [0.25, 0.3) is 22.2 Å². The lowest BCUT2D eigenvalue weighted by Gasteiger charge is -2.27. The van der Waals surface area contributed by atoms with Crippen LogP contribution in [-0.2, 0) is 6.18 Å². The molecule has 3 rings (SSSR count). The van der Waals surface area contributed by atoms with Gasteiger partial charge in [-0.2, -0.15) is 13.2 Å². The van der Waals surface area contributed by atoms with Gasteiger partial charge in [0.15, 0.2) is 11.6 Å². The van der Waals surface area contributed by atoms with Crippen molar-refractivity contribution in [3.05, 3.63) is 53.9 Å². The van der Waals surface area contributed by atoms with Crippen molar-refractivity contribution in [3.63, 3.8) is 0 Å². The summed E-state index contributed by atoms with van der Waals surface area (Å²) in [5.74, 6) is -2.37. The largest absolute Gasteiger partial charge is 0.491 e. The van der Waals surface area contributed by atoms with Crippen molar-refractivity contribution in [1.82, 2.24) is 9.97 Å². The maximum Gasteiger partial charge on any atom is 0.419 e. The van der Waals surface area contributed by atoms with E-state index in [1.54, 1.807) is 6.92 Å². The van der Waals surface area contributed by atoms with Crippen LogP contribution in [-0.4, -0.2) is 22.1 Å². The molecule has 1 heterocycles. The van der Waals surface area contributed by atoms with Crippen LogP contribution in [0.1, 0.15) is 32.8 Å². The van der Waals surface area contributed by atoms with E-state index >= 15 is 0 Å². The zero-order chi connectivity index (χ0) is 23.0. The topological polar surface area (TPSA) is 61.0 Å². The zero-order valence-corrected chi connectivity index (χ0v) is 17.2. The molecule has 0 bridgehead atoms. The molecule has 2 N–H and O–H groups in total. The summed E-state index contributed by atoms with van der Waals surface area (Å²) < 4.78 is 74.0. The second-order valence-electron chi connectivity index (χ2n) is 8.26. The van der Waals surface area contributed by atoms with Gasteiger partial charge >= 0.3 is 6.18 Å². The predicted octanol–water partition coefficient (Wildman–Crippen LogP) is 5.74. The molecule has 0 radical (unpaired) electrons. The molecule has 0 amide bonds. The third kappa shape index (κ3) is 5.28. The van der Waals surface area contributed by atoms with E-state index in [9.17, 15) is 22.0 Å². The minimum Gasteiger partial charge on any atom is -0.491 e. The smallest absolute Gasteiger partial charge is 0.419 e. The number of halogens is 5. The van der Waals surface area contributed by atoms with E-state index < -0.39 is 28.9 Å². The number of alkyl halides is 3. The molecule has 0 aliphatic carbocycles. The van der Waals surface area contributed by atoms with E-state index in [4.69, 9.17) is 10.5 Å². The molecule has 0 saturated heterocycles. The van der Waals surface area contributed by atoms with Crippen LogP contribution < -0.4 is 10.5 Å². The molecule has 0 unspecified atom stereocenters. The maximum absolute atomic E-state index is 13.8.